The molecule has 0 fully saturated rings. The van der Waals surface area contributed by atoms with Gasteiger partial charge in [-0.05, 0) is 63.8 Å². The Hall–Kier alpha value is -4.69. The molecule has 0 bridgehead atoms. The first-order valence-electron chi connectivity index (χ1n) is 14.9. The molecule has 45 heavy (non-hydrogen) atoms. The van der Waals surface area contributed by atoms with Crippen LogP contribution in [0.4, 0.5) is 0 Å². The van der Waals surface area contributed by atoms with Crippen LogP contribution in [0.25, 0.3) is 22.0 Å². The number of carbonyl (C=O) groups excluding carboxylic acids is 2. The molecule has 1 N–H and O–H groups in total. The number of amides is 1. The van der Waals surface area contributed by atoms with Gasteiger partial charge in [-0.3, -0.25) is 4.79 Å². The summed E-state index contributed by atoms with van der Waals surface area (Å²) in [6.07, 6.45) is 0.259. The van der Waals surface area contributed by atoms with Crippen LogP contribution < -0.4 is 10.1 Å². The number of rotatable bonds is 10. The molecule has 7 nitrogen and oxygen atoms in total. The van der Waals surface area contributed by atoms with Gasteiger partial charge in [-0.15, -0.1) is 11.8 Å². The maximum atomic E-state index is 13.4. The Kier molecular flexibility index (Phi) is 9.83. The largest absolute Gasteiger partial charge is 0.467 e. The van der Waals surface area contributed by atoms with E-state index in [1.54, 1.807) is 0 Å². The van der Waals surface area contributed by atoms with Gasteiger partial charge in [0.15, 0.2) is 0 Å². The standard InChI is InChI=1S/C37H37N3O4S/c1-6-45-35-30-23-29(44-28-18-16-27(17-19-28)37(2,3)4)20-21-31(30)38-33(40-35)34(41)39-32(36(42)43-5)22-24-12-14-26(15-13-24)25-10-8-7-9-11-25/h7-21,23,32H,6,22H2,1-5H3,(H,39,41). The van der Waals surface area contributed by atoms with Crippen molar-refractivity contribution in [2.24, 2.45) is 0 Å². The average molecular weight is 620 g/mol. The lowest BCUT2D eigenvalue weighted by atomic mass is 9.87. The fourth-order valence-corrected chi connectivity index (χ4v) is 5.65. The van der Waals surface area contributed by atoms with Crippen LogP contribution in [-0.4, -0.2) is 40.7 Å². The molecule has 0 saturated heterocycles. The minimum Gasteiger partial charge on any atom is -0.467 e. The summed E-state index contributed by atoms with van der Waals surface area (Å²) in [6, 6.07) is 30.6. The highest BCUT2D eigenvalue weighted by Gasteiger charge is 2.25. The second-order valence-corrected chi connectivity index (χ2v) is 12.9. The van der Waals surface area contributed by atoms with Crippen LogP contribution in [0.15, 0.2) is 102 Å². The number of nitrogens with one attached hydrogen (secondary N) is 1. The smallest absolute Gasteiger partial charge is 0.328 e. The van der Waals surface area contributed by atoms with Crippen molar-refractivity contribution in [2.45, 2.75) is 50.6 Å². The Labute approximate surface area is 268 Å². The quantitative estimate of drug-likeness (QED) is 0.0962. The number of aromatic nitrogens is 2. The van der Waals surface area contributed by atoms with Crippen LogP contribution in [0.5, 0.6) is 11.5 Å². The second-order valence-electron chi connectivity index (χ2n) is 11.7. The number of nitrogens with zero attached hydrogens (tertiary/aromatic N) is 2. The van der Waals surface area contributed by atoms with E-state index in [0.29, 0.717) is 16.3 Å². The Bertz CT molecular complexity index is 1780. The number of carbonyl (C=O) groups is 2. The van der Waals surface area contributed by atoms with Crippen LogP contribution in [-0.2, 0) is 21.4 Å². The summed E-state index contributed by atoms with van der Waals surface area (Å²) in [6.45, 7) is 8.54. The molecule has 0 aliphatic carbocycles. The molecule has 1 unspecified atom stereocenters. The zero-order valence-corrected chi connectivity index (χ0v) is 27.0. The minimum atomic E-state index is -0.910. The topological polar surface area (TPSA) is 90.4 Å². The molecule has 1 amide bonds. The summed E-state index contributed by atoms with van der Waals surface area (Å²) in [5.74, 6) is 1.01. The molecule has 1 atom stereocenters. The van der Waals surface area contributed by atoms with Gasteiger partial charge in [0.1, 0.15) is 22.6 Å². The summed E-state index contributed by atoms with van der Waals surface area (Å²) < 4.78 is 11.2. The molecule has 1 heterocycles. The third-order valence-corrected chi connectivity index (χ3v) is 8.24. The molecule has 0 spiro atoms. The Morgan fingerprint density at radius 3 is 2.16 bits per heavy atom. The first-order valence-corrected chi connectivity index (χ1v) is 15.9. The summed E-state index contributed by atoms with van der Waals surface area (Å²) in [4.78, 5) is 35.3. The van der Waals surface area contributed by atoms with Gasteiger partial charge in [0.05, 0.1) is 12.6 Å². The summed E-state index contributed by atoms with van der Waals surface area (Å²) in [5, 5.41) is 4.24. The van der Waals surface area contributed by atoms with E-state index >= 15 is 0 Å². The first-order chi connectivity index (χ1) is 21.6. The van der Waals surface area contributed by atoms with Crippen LogP contribution in [0, 0.1) is 0 Å². The van der Waals surface area contributed by atoms with Crippen molar-refractivity contribution in [3.8, 4) is 22.6 Å². The molecule has 4 aromatic carbocycles. The maximum Gasteiger partial charge on any atom is 0.328 e. The molecular formula is C37H37N3O4S. The van der Waals surface area contributed by atoms with E-state index < -0.39 is 17.9 Å². The van der Waals surface area contributed by atoms with Crippen LogP contribution >= 0.6 is 11.8 Å². The van der Waals surface area contributed by atoms with E-state index in [9.17, 15) is 9.59 Å². The predicted molar refractivity (Wildman–Crippen MR) is 180 cm³/mol. The predicted octanol–water partition coefficient (Wildman–Crippen LogP) is 8.01. The lowest BCUT2D eigenvalue weighted by Crippen LogP contribution is -2.43. The molecule has 0 aliphatic heterocycles. The number of thioether (sulfide) groups is 1. The number of hydrogen-bond acceptors (Lipinski definition) is 7. The van der Waals surface area contributed by atoms with E-state index in [1.165, 1.54) is 24.4 Å². The third kappa shape index (κ3) is 7.88. The van der Waals surface area contributed by atoms with Crippen LogP contribution in [0.2, 0.25) is 0 Å². The van der Waals surface area contributed by atoms with E-state index in [0.717, 1.165) is 33.6 Å². The molecule has 0 aliphatic rings. The fourth-order valence-electron chi connectivity index (χ4n) is 4.91. The van der Waals surface area contributed by atoms with Gasteiger partial charge < -0.3 is 14.8 Å². The zero-order valence-electron chi connectivity index (χ0n) is 26.2. The monoisotopic (exact) mass is 619 g/mol. The first kappa shape index (κ1) is 31.7. The Morgan fingerprint density at radius 1 is 0.844 bits per heavy atom. The molecule has 8 heteroatoms. The molecular weight excluding hydrogens is 582 g/mol. The summed E-state index contributed by atoms with van der Waals surface area (Å²) in [5.41, 5.74) is 4.94. The van der Waals surface area contributed by atoms with Crippen LogP contribution in [0.1, 0.15) is 49.4 Å². The number of ether oxygens (including phenoxy) is 2. The highest BCUT2D eigenvalue weighted by molar-refractivity contribution is 7.99. The number of hydrogen-bond donors (Lipinski definition) is 1. The number of benzene rings is 4. The Balaban J connectivity index is 1.35. The van der Waals surface area contributed by atoms with Crippen molar-refractivity contribution >= 4 is 34.5 Å². The molecule has 5 aromatic rings. The third-order valence-electron chi connectivity index (χ3n) is 7.36. The van der Waals surface area contributed by atoms with E-state index in [1.807, 2.05) is 91.9 Å². The van der Waals surface area contributed by atoms with Gasteiger partial charge in [0, 0.05) is 11.8 Å². The molecule has 1 aromatic heterocycles. The van der Waals surface area contributed by atoms with Crippen molar-refractivity contribution < 1.29 is 19.1 Å². The van der Waals surface area contributed by atoms with Crippen molar-refractivity contribution in [2.75, 3.05) is 12.9 Å². The number of methoxy groups -OCH3 is 1. The van der Waals surface area contributed by atoms with Gasteiger partial charge in [0.2, 0.25) is 5.82 Å². The van der Waals surface area contributed by atoms with Gasteiger partial charge in [0.25, 0.3) is 5.91 Å². The van der Waals surface area contributed by atoms with E-state index in [4.69, 9.17) is 9.47 Å². The summed E-state index contributed by atoms with van der Waals surface area (Å²) >= 11 is 1.51. The van der Waals surface area contributed by atoms with Crippen LogP contribution in [0.3, 0.4) is 0 Å². The number of esters is 1. The van der Waals surface area contributed by atoms with Crippen molar-refractivity contribution in [1.82, 2.24) is 15.3 Å². The lowest BCUT2D eigenvalue weighted by molar-refractivity contribution is -0.142. The second kappa shape index (κ2) is 13.9. The SMILES string of the molecule is CCSc1nc(C(=O)NC(Cc2ccc(-c3ccccc3)cc2)C(=O)OC)nc2ccc(Oc3ccc(C(C)(C)C)cc3)cc12. The van der Waals surface area contributed by atoms with Crippen molar-refractivity contribution in [1.29, 1.82) is 0 Å². The Morgan fingerprint density at radius 2 is 1.51 bits per heavy atom. The van der Waals surface area contributed by atoms with Crippen molar-refractivity contribution in [3.05, 3.63) is 114 Å². The van der Waals surface area contributed by atoms with Gasteiger partial charge in [-0.2, -0.15) is 0 Å². The van der Waals surface area contributed by atoms with Gasteiger partial charge >= 0.3 is 5.97 Å². The fraction of sp³-hybridized carbons (Fsp3) is 0.243. The lowest BCUT2D eigenvalue weighted by Gasteiger charge is -2.19. The zero-order chi connectivity index (χ0) is 32.0. The minimum absolute atomic E-state index is 0.0155. The number of fused-ring (bicyclic) bond motifs is 1. The molecule has 0 radical (unpaired) electrons. The van der Waals surface area contributed by atoms with E-state index in [2.05, 4.69) is 48.2 Å². The van der Waals surface area contributed by atoms with Gasteiger partial charge in [-0.25, -0.2) is 14.8 Å². The maximum absolute atomic E-state index is 13.4. The average Bonchev–Trinajstić information content (AvgIpc) is 3.05. The van der Waals surface area contributed by atoms with Gasteiger partial charge in [-0.1, -0.05) is 94.4 Å². The normalized spacial score (nSPS) is 12.0. The van der Waals surface area contributed by atoms with Crippen molar-refractivity contribution in [3.63, 3.8) is 0 Å². The molecule has 230 valence electrons. The highest BCUT2D eigenvalue weighted by atomic mass is 32.2. The molecule has 5 rings (SSSR count). The molecule has 0 saturated carbocycles. The summed E-state index contributed by atoms with van der Waals surface area (Å²) in [7, 11) is 1.31. The van der Waals surface area contributed by atoms with E-state index in [-0.39, 0.29) is 17.7 Å². The highest BCUT2D eigenvalue weighted by Crippen LogP contribution is 2.32.